The molecule has 0 bridgehead atoms. The first-order chi connectivity index (χ1) is 9.66. The van der Waals surface area contributed by atoms with E-state index >= 15 is 0 Å². The van der Waals surface area contributed by atoms with Crippen molar-refractivity contribution in [2.75, 3.05) is 6.54 Å². The minimum atomic E-state index is -0.198. The highest BCUT2D eigenvalue weighted by Crippen LogP contribution is 2.09. The Balaban J connectivity index is 1.85. The number of nitrogens with zero attached hydrogens (tertiary/aromatic N) is 3. The van der Waals surface area contributed by atoms with E-state index in [4.69, 9.17) is 0 Å². The molecule has 0 saturated heterocycles. The van der Waals surface area contributed by atoms with E-state index in [1.165, 1.54) is 0 Å². The minimum Gasteiger partial charge on any atom is -0.350 e. The molecule has 20 heavy (non-hydrogen) atoms. The summed E-state index contributed by atoms with van der Waals surface area (Å²) in [6, 6.07) is 7.42. The van der Waals surface area contributed by atoms with E-state index in [9.17, 15) is 4.79 Å². The zero-order valence-corrected chi connectivity index (χ0v) is 11.7. The second kappa shape index (κ2) is 6.75. The molecule has 0 aliphatic heterocycles. The maximum atomic E-state index is 11.9. The van der Waals surface area contributed by atoms with Gasteiger partial charge in [-0.05, 0) is 36.1 Å². The highest BCUT2D eigenvalue weighted by atomic mass is 16.1. The molecule has 0 atom stereocenters. The number of hydrogen-bond acceptors (Lipinski definition) is 4. The van der Waals surface area contributed by atoms with Gasteiger partial charge in [0.25, 0.3) is 5.91 Å². The van der Waals surface area contributed by atoms with Crippen LogP contribution in [0.15, 0.2) is 36.7 Å². The Labute approximate surface area is 118 Å². The highest BCUT2D eigenvalue weighted by molar-refractivity contribution is 5.91. The number of carbonyl (C=O) groups is 1. The van der Waals surface area contributed by atoms with Crippen LogP contribution in [0.25, 0.3) is 0 Å². The summed E-state index contributed by atoms with van der Waals surface area (Å²) in [5.41, 5.74) is 2.33. The highest BCUT2D eigenvalue weighted by Gasteiger charge is 2.08. The average Bonchev–Trinajstić information content (AvgIpc) is 2.48. The summed E-state index contributed by atoms with van der Waals surface area (Å²) in [5.74, 6) is 0.113. The Morgan fingerprint density at radius 2 is 2.10 bits per heavy atom. The molecular weight excluding hydrogens is 252 g/mol. The number of carbonyl (C=O) groups excluding carboxylic acids is 1. The third-order valence-electron chi connectivity index (χ3n) is 2.93. The van der Waals surface area contributed by atoms with Crippen molar-refractivity contribution in [2.45, 2.75) is 26.2 Å². The van der Waals surface area contributed by atoms with Gasteiger partial charge in [-0.1, -0.05) is 19.9 Å². The van der Waals surface area contributed by atoms with Gasteiger partial charge in [0.15, 0.2) is 5.69 Å². The molecule has 0 unspecified atom stereocenters. The smallest absolute Gasteiger partial charge is 0.271 e. The van der Waals surface area contributed by atoms with Gasteiger partial charge in [0.2, 0.25) is 0 Å². The fourth-order valence-electron chi connectivity index (χ4n) is 1.73. The molecule has 0 spiro atoms. The summed E-state index contributed by atoms with van der Waals surface area (Å²) < 4.78 is 0. The molecular formula is C15H18N4O. The van der Waals surface area contributed by atoms with Crippen LogP contribution < -0.4 is 5.32 Å². The van der Waals surface area contributed by atoms with Crippen LogP contribution in [-0.2, 0) is 6.42 Å². The van der Waals surface area contributed by atoms with E-state index in [-0.39, 0.29) is 5.91 Å². The van der Waals surface area contributed by atoms with Gasteiger partial charge in [-0.2, -0.15) is 5.10 Å². The van der Waals surface area contributed by atoms with Crippen molar-refractivity contribution in [2.24, 2.45) is 0 Å². The summed E-state index contributed by atoms with van der Waals surface area (Å²) in [4.78, 5) is 15.9. The predicted octanol–water partition coefficient (Wildman–Crippen LogP) is 1.97. The number of pyridine rings is 1. The van der Waals surface area contributed by atoms with Crippen molar-refractivity contribution < 1.29 is 4.79 Å². The van der Waals surface area contributed by atoms with Crippen molar-refractivity contribution >= 4 is 5.91 Å². The van der Waals surface area contributed by atoms with E-state index in [0.717, 1.165) is 17.7 Å². The summed E-state index contributed by atoms with van der Waals surface area (Å²) >= 11 is 0. The molecule has 0 aromatic carbocycles. The summed E-state index contributed by atoms with van der Waals surface area (Å²) in [5, 5.41) is 10.8. The van der Waals surface area contributed by atoms with Crippen molar-refractivity contribution in [3.05, 3.63) is 53.6 Å². The molecule has 5 nitrogen and oxygen atoms in total. The van der Waals surface area contributed by atoms with Gasteiger partial charge in [-0.15, -0.1) is 5.10 Å². The van der Waals surface area contributed by atoms with Crippen LogP contribution >= 0.6 is 0 Å². The van der Waals surface area contributed by atoms with Gasteiger partial charge in [-0.25, -0.2) is 0 Å². The summed E-state index contributed by atoms with van der Waals surface area (Å²) in [6.45, 7) is 4.63. The van der Waals surface area contributed by atoms with Crippen LogP contribution in [0, 0.1) is 0 Å². The second-order valence-corrected chi connectivity index (χ2v) is 4.87. The molecule has 0 aliphatic rings. The Bertz CT molecular complexity index is 552. The topological polar surface area (TPSA) is 67.8 Å². The summed E-state index contributed by atoms with van der Waals surface area (Å²) in [6.07, 6.45) is 4.27. The number of hydrogen-bond donors (Lipinski definition) is 1. The second-order valence-electron chi connectivity index (χ2n) is 4.87. The molecule has 5 heteroatoms. The molecule has 2 heterocycles. The van der Waals surface area contributed by atoms with Crippen LogP contribution in [0.5, 0.6) is 0 Å². The van der Waals surface area contributed by atoms with E-state index in [1.807, 2.05) is 32.0 Å². The van der Waals surface area contributed by atoms with Gasteiger partial charge in [0, 0.05) is 18.9 Å². The standard InChI is InChI=1S/C15H18N4O/c1-11(2)13-5-6-14(19-18-13)15(20)17-9-7-12-4-3-8-16-10-12/h3-6,8,10-11H,7,9H2,1-2H3,(H,17,20). The average molecular weight is 270 g/mol. The molecule has 1 N–H and O–H groups in total. The lowest BCUT2D eigenvalue weighted by Crippen LogP contribution is -2.26. The molecule has 104 valence electrons. The van der Waals surface area contributed by atoms with E-state index in [2.05, 4.69) is 20.5 Å². The van der Waals surface area contributed by atoms with Gasteiger partial charge in [0.1, 0.15) is 0 Å². The van der Waals surface area contributed by atoms with E-state index < -0.39 is 0 Å². The Morgan fingerprint density at radius 1 is 1.25 bits per heavy atom. The lowest BCUT2D eigenvalue weighted by Gasteiger charge is -2.06. The third kappa shape index (κ3) is 3.85. The fraction of sp³-hybridized carbons (Fsp3) is 0.333. The van der Waals surface area contributed by atoms with Crippen LogP contribution in [0.3, 0.4) is 0 Å². The van der Waals surface area contributed by atoms with Gasteiger partial charge in [0.05, 0.1) is 5.69 Å². The Morgan fingerprint density at radius 3 is 2.70 bits per heavy atom. The maximum Gasteiger partial charge on any atom is 0.271 e. The van der Waals surface area contributed by atoms with Gasteiger partial charge < -0.3 is 5.32 Å². The maximum absolute atomic E-state index is 11.9. The van der Waals surface area contributed by atoms with Gasteiger partial charge >= 0.3 is 0 Å². The van der Waals surface area contributed by atoms with Gasteiger partial charge in [-0.3, -0.25) is 9.78 Å². The van der Waals surface area contributed by atoms with Crippen LogP contribution in [0.1, 0.15) is 41.5 Å². The van der Waals surface area contributed by atoms with Crippen LogP contribution in [0.4, 0.5) is 0 Å². The summed E-state index contributed by atoms with van der Waals surface area (Å²) in [7, 11) is 0. The van der Waals surface area contributed by atoms with Crippen molar-refractivity contribution in [3.8, 4) is 0 Å². The SMILES string of the molecule is CC(C)c1ccc(C(=O)NCCc2cccnc2)nn1. The fourth-order valence-corrected chi connectivity index (χ4v) is 1.73. The van der Waals surface area contributed by atoms with Crippen molar-refractivity contribution in [1.82, 2.24) is 20.5 Å². The minimum absolute atomic E-state index is 0.198. The largest absolute Gasteiger partial charge is 0.350 e. The molecule has 0 saturated carbocycles. The molecule has 0 fully saturated rings. The normalized spacial score (nSPS) is 10.6. The molecule has 1 amide bonds. The molecule has 2 rings (SSSR count). The zero-order chi connectivity index (χ0) is 14.4. The van der Waals surface area contributed by atoms with Crippen LogP contribution in [-0.4, -0.2) is 27.6 Å². The van der Waals surface area contributed by atoms with E-state index in [0.29, 0.717) is 18.2 Å². The first-order valence-electron chi connectivity index (χ1n) is 6.67. The predicted molar refractivity (Wildman–Crippen MR) is 76.4 cm³/mol. The molecule has 2 aromatic heterocycles. The quantitative estimate of drug-likeness (QED) is 0.902. The van der Waals surface area contributed by atoms with E-state index in [1.54, 1.807) is 18.5 Å². The lowest BCUT2D eigenvalue weighted by molar-refractivity contribution is 0.0948. The number of rotatable bonds is 5. The number of amides is 1. The lowest BCUT2D eigenvalue weighted by atomic mass is 10.1. The number of aromatic nitrogens is 3. The van der Waals surface area contributed by atoms with Crippen LogP contribution in [0.2, 0.25) is 0 Å². The first kappa shape index (κ1) is 14.1. The number of nitrogens with one attached hydrogen (secondary N) is 1. The monoisotopic (exact) mass is 270 g/mol. The first-order valence-corrected chi connectivity index (χ1v) is 6.67. The zero-order valence-electron chi connectivity index (χ0n) is 11.7. The van der Waals surface area contributed by atoms with Crippen molar-refractivity contribution in [1.29, 1.82) is 0 Å². The third-order valence-corrected chi connectivity index (χ3v) is 2.93. The Hall–Kier alpha value is -2.30. The van der Waals surface area contributed by atoms with Crippen molar-refractivity contribution in [3.63, 3.8) is 0 Å². The molecule has 0 aliphatic carbocycles. The Kier molecular flexibility index (Phi) is 4.76. The molecule has 0 radical (unpaired) electrons. The molecule has 2 aromatic rings.